The van der Waals surface area contributed by atoms with Gasteiger partial charge in [-0.2, -0.15) is 0 Å². The van der Waals surface area contributed by atoms with Crippen LogP contribution in [0.15, 0.2) is 0 Å². The molecule has 3 rings (SSSR count). The van der Waals surface area contributed by atoms with E-state index in [0.29, 0.717) is 18.3 Å². The van der Waals surface area contributed by atoms with Gasteiger partial charge in [-0.15, -0.1) is 0 Å². The molecule has 1 saturated heterocycles. The second-order valence-corrected chi connectivity index (χ2v) is 7.18. The number of hydrogen-bond acceptors (Lipinski definition) is 2. The van der Waals surface area contributed by atoms with Gasteiger partial charge in [0.1, 0.15) is 0 Å². The molecule has 0 aromatic rings. The van der Waals surface area contributed by atoms with Crippen LogP contribution in [0.2, 0.25) is 0 Å². The number of carbonyl (C=O) groups excluding carboxylic acids is 2. The Balaban J connectivity index is 1.91. The third-order valence-electron chi connectivity index (χ3n) is 5.72. The number of carbonyl (C=O) groups is 2. The summed E-state index contributed by atoms with van der Waals surface area (Å²) in [5.74, 6) is 1.30. The topological polar surface area (TPSA) is 46.2 Å². The van der Waals surface area contributed by atoms with Crippen molar-refractivity contribution >= 4 is 11.8 Å². The highest BCUT2D eigenvalue weighted by Gasteiger charge is 2.52. The van der Waals surface area contributed by atoms with Gasteiger partial charge in [0.15, 0.2) is 0 Å². The Bertz CT molecular complexity index is 386. The lowest BCUT2D eigenvalue weighted by molar-refractivity contribution is -0.149. The standard InChI is InChI=1S/C16H25NO2/c1-11-5-4-8-16(9-11)10-13(18)17-15(19)14(16)12-6-2-3-7-12/h11-12,14H,2-10H2,1H3,(H,17,18,19). The molecule has 0 aromatic heterocycles. The summed E-state index contributed by atoms with van der Waals surface area (Å²) in [6, 6.07) is 0. The Morgan fingerprint density at radius 3 is 2.53 bits per heavy atom. The number of nitrogens with one attached hydrogen (secondary N) is 1. The summed E-state index contributed by atoms with van der Waals surface area (Å²) in [5, 5.41) is 2.61. The van der Waals surface area contributed by atoms with Crippen molar-refractivity contribution in [3.63, 3.8) is 0 Å². The molecular formula is C16H25NO2. The van der Waals surface area contributed by atoms with Gasteiger partial charge in [0, 0.05) is 12.3 Å². The molecule has 1 spiro atoms. The molecule has 0 aromatic carbocycles. The maximum Gasteiger partial charge on any atom is 0.230 e. The summed E-state index contributed by atoms with van der Waals surface area (Å²) in [6.45, 7) is 2.28. The second-order valence-electron chi connectivity index (χ2n) is 7.18. The molecule has 3 atom stereocenters. The third kappa shape index (κ3) is 2.32. The van der Waals surface area contributed by atoms with Gasteiger partial charge in [-0.1, -0.05) is 32.6 Å². The van der Waals surface area contributed by atoms with Crippen molar-refractivity contribution in [1.82, 2.24) is 5.32 Å². The quantitative estimate of drug-likeness (QED) is 0.739. The smallest absolute Gasteiger partial charge is 0.230 e. The molecule has 3 heteroatoms. The summed E-state index contributed by atoms with van der Waals surface area (Å²) in [6.07, 6.45) is 10.1. The molecular weight excluding hydrogens is 238 g/mol. The SMILES string of the molecule is CC1CCCC2(CC(=O)NC(=O)C2C2CCCC2)C1. The van der Waals surface area contributed by atoms with E-state index in [-0.39, 0.29) is 23.1 Å². The molecule has 2 saturated carbocycles. The molecule has 1 N–H and O–H groups in total. The van der Waals surface area contributed by atoms with Gasteiger partial charge in [0.05, 0.1) is 0 Å². The highest BCUT2D eigenvalue weighted by Crippen LogP contribution is 2.54. The van der Waals surface area contributed by atoms with Gasteiger partial charge >= 0.3 is 0 Å². The van der Waals surface area contributed by atoms with Gasteiger partial charge in [-0.25, -0.2) is 0 Å². The van der Waals surface area contributed by atoms with E-state index in [2.05, 4.69) is 12.2 Å². The maximum absolute atomic E-state index is 12.4. The van der Waals surface area contributed by atoms with E-state index in [1.165, 1.54) is 38.5 Å². The van der Waals surface area contributed by atoms with E-state index < -0.39 is 0 Å². The zero-order chi connectivity index (χ0) is 13.5. The first-order valence-electron chi connectivity index (χ1n) is 7.94. The second kappa shape index (κ2) is 4.92. The van der Waals surface area contributed by atoms with Crippen molar-refractivity contribution in [2.24, 2.45) is 23.2 Å². The molecule has 3 aliphatic rings. The molecule has 3 fully saturated rings. The van der Waals surface area contributed by atoms with E-state index >= 15 is 0 Å². The zero-order valence-corrected chi connectivity index (χ0v) is 11.9. The van der Waals surface area contributed by atoms with Crippen LogP contribution in [0.5, 0.6) is 0 Å². The summed E-state index contributed by atoms with van der Waals surface area (Å²) in [4.78, 5) is 24.3. The van der Waals surface area contributed by atoms with Crippen LogP contribution in [-0.4, -0.2) is 11.8 Å². The lowest BCUT2D eigenvalue weighted by Crippen LogP contribution is -2.55. The molecule has 2 amide bonds. The van der Waals surface area contributed by atoms with Gasteiger partial charge in [-0.05, 0) is 42.9 Å². The zero-order valence-electron chi connectivity index (χ0n) is 11.9. The van der Waals surface area contributed by atoms with Crippen LogP contribution >= 0.6 is 0 Å². The normalized spacial score (nSPS) is 40.7. The van der Waals surface area contributed by atoms with Crippen LogP contribution in [-0.2, 0) is 9.59 Å². The van der Waals surface area contributed by atoms with Crippen molar-refractivity contribution in [2.45, 2.75) is 64.7 Å². The van der Waals surface area contributed by atoms with Gasteiger partial charge in [0.2, 0.25) is 11.8 Å². The minimum Gasteiger partial charge on any atom is -0.296 e. The van der Waals surface area contributed by atoms with Crippen LogP contribution in [0.1, 0.15) is 64.7 Å². The lowest BCUT2D eigenvalue weighted by atomic mass is 9.56. The van der Waals surface area contributed by atoms with E-state index in [4.69, 9.17) is 0 Å². The maximum atomic E-state index is 12.4. The predicted octanol–water partition coefficient (Wildman–Crippen LogP) is 3.04. The monoisotopic (exact) mass is 263 g/mol. The van der Waals surface area contributed by atoms with E-state index in [9.17, 15) is 9.59 Å². The van der Waals surface area contributed by atoms with Crippen LogP contribution in [0.25, 0.3) is 0 Å². The fraction of sp³-hybridized carbons (Fsp3) is 0.875. The van der Waals surface area contributed by atoms with Crippen molar-refractivity contribution in [3.8, 4) is 0 Å². The Morgan fingerprint density at radius 2 is 1.84 bits per heavy atom. The number of rotatable bonds is 1. The molecule has 2 aliphatic carbocycles. The average molecular weight is 263 g/mol. The first kappa shape index (κ1) is 13.1. The Hall–Kier alpha value is -0.860. The van der Waals surface area contributed by atoms with E-state index in [1.807, 2.05) is 0 Å². The van der Waals surface area contributed by atoms with Crippen molar-refractivity contribution < 1.29 is 9.59 Å². The molecule has 1 aliphatic heterocycles. The molecule has 3 nitrogen and oxygen atoms in total. The summed E-state index contributed by atoms with van der Waals surface area (Å²) in [5.41, 5.74) is -0.00785. The number of amides is 2. The van der Waals surface area contributed by atoms with Crippen LogP contribution < -0.4 is 5.32 Å². The Morgan fingerprint density at radius 1 is 1.11 bits per heavy atom. The number of imide groups is 1. The van der Waals surface area contributed by atoms with Gasteiger partial charge in [-0.3, -0.25) is 14.9 Å². The molecule has 0 radical (unpaired) electrons. The first-order valence-corrected chi connectivity index (χ1v) is 7.94. The highest BCUT2D eigenvalue weighted by molar-refractivity contribution is 5.99. The highest BCUT2D eigenvalue weighted by atomic mass is 16.2. The van der Waals surface area contributed by atoms with Crippen molar-refractivity contribution in [1.29, 1.82) is 0 Å². The largest absolute Gasteiger partial charge is 0.296 e. The molecule has 0 bridgehead atoms. The van der Waals surface area contributed by atoms with Crippen molar-refractivity contribution in [2.75, 3.05) is 0 Å². The molecule has 1 heterocycles. The molecule has 106 valence electrons. The first-order chi connectivity index (χ1) is 9.11. The third-order valence-corrected chi connectivity index (χ3v) is 5.72. The Labute approximate surface area is 115 Å². The summed E-state index contributed by atoms with van der Waals surface area (Å²) >= 11 is 0. The van der Waals surface area contributed by atoms with E-state index in [0.717, 1.165) is 12.8 Å². The van der Waals surface area contributed by atoms with Crippen LogP contribution in [0.3, 0.4) is 0 Å². The summed E-state index contributed by atoms with van der Waals surface area (Å²) in [7, 11) is 0. The molecule has 19 heavy (non-hydrogen) atoms. The fourth-order valence-electron chi connectivity index (χ4n) is 5.12. The van der Waals surface area contributed by atoms with E-state index in [1.54, 1.807) is 0 Å². The fourth-order valence-corrected chi connectivity index (χ4v) is 5.12. The number of piperidine rings is 1. The van der Waals surface area contributed by atoms with Crippen LogP contribution in [0.4, 0.5) is 0 Å². The van der Waals surface area contributed by atoms with Crippen molar-refractivity contribution in [3.05, 3.63) is 0 Å². The van der Waals surface area contributed by atoms with Gasteiger partial charge in [0.25, 0.3) is 0 Å². The lowest BCUT2D eigenvalue weighted by Gasteiger charge is -2.49. The Kier molecular flexibility index (Phi) is 3.40. The number of hydrogen-bond donors (Lipinski definition) is 1. The van der Waals surface area contributed by atoms with Crippen LogP contribution in [0, 0.1) is 23.2 Å². The minimum absolute atomic E-state index is 0.00785. The average Bonchev–Trinajstić information content (AvgIpc) is 2.80. The molecule has 3 unspecified atom stereocenters. The predicted molar refractivity (Wildman–Crippen MR) is 73.3 cm³/mol. The van der Waals surface area contributed by atoms with Gasteiger partial charge < -0.3 is 0 Å². The minimum atomic E-state index is -0.0339. The summed E-state index contributed by atoms with van der Waals surface area (Å²) < 4.78 is 0.